The first-order valence-electron chi connectivity index (χ1n) is 10.5. The first-order chi connectivity index (χ1) is 16.0. The van der Waals surface area contributed by atoms with Crippen molar-refractivity contribution in [1.82, 2.24) is 5.27 Å². The minimum absolute atomic E-state index is 0.179. The van der Waals surface area contributed by atoms with Gasteiger partial charge in [0.15, 0.2) is 0 Å². The first-order valence-corrected chi connectivity index (χ1v) is 11.5. The van der Waals surface area contributed by atoms with E-state index in [-0.39, 0.29) is 18.3 Å². The van der Waals surface area contributed by atoms with E-state index in [1.54, 1.807) is 55.6 Å². The Morgan fingerprint density at radius 1 is 1.12 bits per heavy atom. The zero-order chi connectivity index (χ0) is 23.6. The smallest absolute Gasteiger partial charge is 0.442 e. The number of anilines is 1. The predicted octanol–water partition coefficient (Wildman–Crippen LogP) is 3.33. The number of nitrogens with one attached hydrogen (secondary N) is 2. The van der Waals surface area contributed by atoms with Crippen molar-refractivity contribution in [1.29, 1.82) is 0 Å². The number of esters is 1. The average Bonchev–Trinajstić information content (AvgIpc) is 3.20. The highest BCUT2D eigenvalue weighted by Gasteiger charge is 2.24. The Morgan fingerprint density at radius 2 is 1.85 bits per heavy atom. The number of benzene rings is 2. The summed E-state index contributed by atoms with van der Waals surface area (Å²) in [7, 11) is 1.57. The van der Waals surface area contributed by atoms with E-state index in [1.165, 1.54) is 16.4 Å². The molecule has 2 aromatic carbocycles. The highest BCUT2D eigenvalue weighted by molar-refractivity contribution is 7.99. The average molecular weight is 473 g/mol. The summed E-state index contributed by atoms with van der Waals surface area (Å²) in [5, 5.41) is 5.68. The fourth-order valence-electron chi connectivity index (χ4n) is 2.83. The maximum absolute atomic E-state index is 12.3. The fraction of sp³-hybridized carbons (Fsp3) is 0.304. The molecule has 0 aliphatic heterocycles. The van der Waals surface area contributed by atoms with E-state index in [0.717, 1.165) is 12.8 Å². The lowest BCUT2D eigenvalue weighted by Gasteiger charge is -2.07. The highest BCUT2D eigenvalue weighted by Crippen LogP contribution is 2.16. The molecular weight excluding hydrogens is 446 g/mol. The number of thioether (sulfide) groups is 1. The molecule has 0 saturated carbocycles. The van der Waals surface area contributed by atoms with Crippen LogP contribution in [0.5, 0.6) is 5.75 Å². The molecule has 9 nitrogen and oxygen atoms in total. The molecule has 2 N–H and O–H groups in total. The fourth-order valence-corrected chi connectivity index (χ4v) is 3.75. The summed E-state index contributed by atoms with van der Waals surface area (Å²) in [6, 6.07) is 13.6. The summed E-state index contributed by atoms with van der Waals surface area (Å²) in [4.78, 5) is 36.3. The molecular formula is C23H26N3O6S+. The summed E-state index contributed by atoms with van der Waals surface area (Å²) in [6.45, 7) is 2.42. The number of rotatable bonds is 11. The number of methoxy groups -OCH3 is 1. The lowest BCUT2D eigenvalue weighted by molar-refractivity contribution is -0.704. The summed E-state index contributed by atoms with van der Waals surface area (Å²) in [6.07, 6.45) is 1.95. The van der Waals surface area contributed by atoms with Gasteiger partial charge in [0.2, 0.25) is 11.6 Å². The van der Waals surface area contributed by atoms with Gasteiger partial charge in [-0.25, -0.2) is 9.59 Å². The molecule has 1 aromatic heterocycles. The zero-order valence-corrected chi connectivity index (χ0v) is 19.3. The van der Waals surface area contributed by atoms with Crippen molar-refractivity contribution < 1.29 is 28.3 Å². The molecule has 33 heavy (non-hydrogen) atoms. The van der Waals surface area contributed by atoms with Gasteiger partial charge in [0.1, 0.15) is 5.75 Å². The van der Waals surface area contributed by atoms with Crippen molar-refractivity contribution in [3.8, 4) is 11.4 Å². The molecule has 1 heterocycles. The molecule has 0 radical (unpaired) electrons. The van der Waals surface area contributed by atoms with Gasteiger partial charge in [-0.1, -0.05) is 13.3 Å². The number of nitrogens with zero attached hydrogens (tertiary/aromatic N) is 1. The van der Waals surface area contributed by atoms with E-state index in [1.807, 2.05) is 6.92 Å². The largest absolute Gasteiger partial charge is 0.497 e. The van der Waals surface area contributed by atoms with Crippen LogP contribution in [0.2, 0.25) is 0 Å². The molecule has 174 valence electrons. The number of hydrogen-bond donors (Lipinski definition) is 2. The summed E-state index contributed by atoms with van der Waals surface area (Å²) in [5.41, 5.74) is 1.19. The summed E-state index contributed by atoms with van der Waals surface area (Å²) < 4.78 is 16.7. The van der Waals surface area contributed by atoms with Crippen molar-refractivity contribution in [3.63, 3.8) is 0 Å². The monoisotopic (exact) mass is 472 g/mol. The molecule has 0 aliphatic carbocycles. The van der Waals surface area contributed by atoms with Gasteiger partial charge in [0, 0.05) is 30.0 Å². The van der Waals surface area contributed by atoms with E-state index in [0.29, 0.717) is 40.1 Å². The minimum Gasteiger partial charge on any atom is -0.497 e. The van der Waals surface area contributed by atoms with Crippen molar-refractivity contribution in [2.24, 2.45) is 0 Å². The SMILES string of the molecule is CCCCOC(=O)c1ccc(NC(=O)CCSc2c(=O)o[nH][n+]2-c2ccc(OC)cc2)cc1. The number of aromatic nitrogens is 2. The Kier molecular flexibility index (Phi) is 8.71. The maximum atomic E-state index is 12.3. The number of carbonyl (C=O) groups excluding carboxylic acids is 2. The molecule has 0 aliphatic rings. The second-order valence-electron chi connectivity index (χ2n) is 7.03. The third kappa shape index (κ3) is 6.72. The molecule has 0 atom stereocenters. The van der Waals surface area contributed by atoms with Gasteiger partial charge in [-0.05, 0) is 64.5 Å². The summed E-state index contributed by atoms with van der Waals surface area (Å²) >= 11 is 1.21. The van der Waals surface area contributed by atoms with Crippen LogP contribution in [0.4, 0.5) is 5.69 Å². The maximum Gasteiger partial charge on any atom is 0.442 e. The third-order valence-electron chi connectivity index (χ3n) is 4.64. The van der Waals surface area contributed by atoms with Gasteiger partial charge in [-0.3, -0.25) is 9.32 Å². The number of carbonyl (C=O) groups is 2. The normalized spacial score (nSPS) is 10.6. The van der Waals surface area contributed by atoms with Gasteiger partial charge in [-0.15, -0.1) is 0 Å². The second-order valence-corrected chi connectivity index (χ2v) is 8.12. The Balaban J connectivity index is 1.51. The van der Waals surface area contributed by atoms with Crippen molar-refractivity contribution >= 4 is 29.3 Å². The molecule has 1 amide bonds. The number of hydrogen-bond acceptors (Lipinski definition) is 7. The molecule has 0 unspecified atom stereocenters. The Labute approximate surface area is 195 Å². The van der Waals surface area contributed by atoms with E-state index in [4.69, 9.17) is 14.0 Å². The van der Waals surface area contributed by atoms with Crippen LogP contribution in [0.25, 0.3) is 5.69 Å². The Morgan fingerprint density at radius 3 is 2.52 bits per heavy atom. The van der Waals surface area contributed by atoms with Crippen LogP contribution < -0.4 is 20.4 Å². The van der Waals surface area contributed by atoms with Gasteiger partial charge in [0.25, 0.3) is 0 Å². The number of H-pyrrole nitrogens is 1. The van der Waals surface area contributed by atoms with E-state index in [9.17, 15) is 14.4 Å². The predicted molar refractivity (Wildman–Crippen MR) is 123 cm³/mol. The van der Waals surface area contributed by atoms with Crippen molar-refractivity contribution in [2.45, 2.75) is 31.2 Å². The summed E-state index contributed by atoms with van der Waals surface area (Å²) in [5.74, 6) is 0.467. The third-order valence-corrected chi connectivity index (χ3v) is 5.67. The van der Waals surface area contributed by atoms with E-state index < -0.39 is 5.63 Å². The molecule has 0 saturated heterocycles. The Hall–Kier alpha value is -3.53. The topological polar surface area (TPSA) is 115 Å². The van der Waals surface area contributed by atoms with Crippen LogP contribution in [-0.4, -0.2) is 36.6 Å². The van der Waals surface area contributed by atoms with Crippen LogP contribution >= 0.6 is 11.8 Å². The molecule has 0 spiro atoms. The molecule has 10 heteroatoms. The number of unbranched alkanes of at least 4 members (excludes halogenated alkanes) is 1. The standard InChI is InChI=1S/C23H25N3O6S/c1-3-4-14-31-22(28)16-5-7-17(8-6-16)24-20(27)13-15-33-21-23(29)32-25-26(21)18-9-11-19(30-2)12-10-18/h5-12H,3-4,13-15H2,1-2H3,(H-,24,25,27,28,29)/p+1. The Bertz CT molecular complexity index is 1120. The van der Waals surface area contributed by atoms with Crippen LogP contribution in [0.15, 0.2) is 62.9 Å². The van der Waals surface area contributed by atoms with Gasteiger partial charge in [-0.2, -0.15) is 0 Å². The molecule has 0 bridgehead atoms. The van der Waals surface area contributed by atoms with Crippen LogP contribution in [0, 0.1) is 0 Å². The van der Waals surface area contributed by atoms with Crippen LogP contribution in [0.3, 0.4) is 0 Å². The molecule has 3 rings (SSSR count). The van der Waals surface area contributed by atoms with Gasteiger partial charge >= 0.3 is 16.6 Å². The number of aromatic amines is 1. The first kappa shape index (κ1) is 24.1. The lowest BCUT2D eigenvalue weighted by atomic mass is 10.2. The van der Waals surface area contributed by atoms with E-state index in [2.05, 4.69) is 10.6 Å². The molecule has 0 fully saturated rings. The number of ether oxygens (including phenoxy) is 2. The van der Waals surface area contributed by atoms with Crippen LogP contribution in [0.1, 0.15) is 36.5 Å². The minimum atomic E-state index is -0.516. The van der Waals surface area contributed by atoms with Gasteiger partial charge in [0.05, 0.1) is 19.3 Å². The van der Waals surface area contributed by atoms with Crippen molar-refractivity contribution in [2.75, 3.05) is 24.8 Å². The highest BCUT2D eigenvalue weighted by atomic mass is 32.2. The van der Waals surface area contributed by atoms with E-state index >= 15 is 0 Å². The number of amides is 1. The zero-order valence-electron chi connectivity index (χ0n) is 18.5. The van der Waals surface area contributed by atoms with Crippen molar-refractivity contribution in [3.05, 3.63) is 64.5 Å². The van der Waals surface area contributed by atoms with Gasteiger partial charge < -0.3 is 14.8 Å². The van der Waals surface area contributed by atoms with Crippen LogP contribution in [-0.2, 0) is 9.53 Å². The quantitative estimate of drug-likeness (QED) is 0.190. The molecule has 3 aromatic rings. The second kappa shape index (κ2) is 11.9. The lowest BCUT2D eigenvalue weighted by Crippen LogP contribution is -2.36.